The molecular formula is C12H20F3N3O. The predicted octanol–water partition coefficient (Wildman–Crippen LogP) is 0.739. The Bertz CT molecular complexity index is 340. The molecule has 0 radical (unpaired) electrons. The monoisotopic (exact) mass is 279 g/mol. The molecule has 0 bridgehead atoms. The van der Waals surface area contributed by atoms with Gasteiger partial charge in [-0.3, -0.25) is 4.79 Å². The lowest BCUT2D eigenvalue weighted by Gasteiger charge is -2.30. The van der Waals surface area contributed by atoms with E-state index in [1.807, 2.05) is 7.05 Å². The van der Waals surface area contributed by atoms with E-state index in [1.54, 1.807) is 0 Å². The minimum Gasteiger partial charge on any atom is -0.354 e. The maximum Gasteiger partial charge on any atom is 0.404 e. The normalized spacial score (nSPS) is 32.7. The first kappa shape index (κ1) is 14.6. The molecule has 0 aromatic carbocycles. The Kier molecular flexibility index (Phi) is 4.06. The highest BCUT2D eigenvalue weighted by Gasteiger charge is 2.61. The quantitative estimate of drug-likeness (QED) is 0.801. The molecule has 2 fully saturated rings. The Hall–Kier alpha value is -0.820. The van der Waals surface area contributed by atoms with Crippen LogP contribution in [-0.2, 0) is 4.79 Å². The third-order valence-corrected chi connectivity index (χ3v) is 4.30. The van der Waals surface area contributed by atoms with Gasteiger partial charge in [-0.25, -0.2) is 0 Å². The minimum atomic E-state index is -4.50. The number of halogens is 3. The zero-order chi connectivity index (χ0) is 14.1. The van der Waals surface area contributed by atoms with Crippen LogP contribution in [0.25, 0.3) is 0 Å². The second-order valence-corrected chi connectivity index (χ2v) is 5.49. The molecule has 0 aromatic rings. The van der Waals surface area contributed by atoms with E-state index >= 15 is 0 Å². The van der Waals surface area contributed by atoms with Crippen molar-refractivity contribution >= 4 is 5.91 Å². The van der Waals surface area contributed by atoms with Crippen LogP contribution in [0, 0.1) is 5.41 Å². The van der Waals surface area contributed by atoms with Crippen LogP contribution in [0.3, 0.4) is 0 Å². The number of carbonyl (C=O) groups excluding carboxylic acids is 1. The predicted molar refractivity (Wildman–Crippen MR) is 64.6 cm³/mol. The average Bonchev–Trinajstić information content (AvgIpc) is 2.94. The molecule has 2 aliphatic rings. The number of rotatable bonds is 3. The fourth-order valence-electron chi connectivity index (χ4n) is 2.87. The molecule has 0 saturated carbocycles. The summed E-state index contributed by atoms with van der Waals surface area (Å²) >= 11 is 0. The van der Waals surface area contributed by atoms with Gasteiger partial charge in [0.15, 0.2) is 5.41 Å². The first-order valence-electron chi connectivity index (χ1n) is 6.63. The lowest BCUT2D eigenvalue weighted by Crippen LogP contribution is -2.53. The number of likely N-dealkylation sites (N-methyl/N-ethyl adjacent to an activating group) is 1. The summed E-state index contributed by atoms with van der Waals surface area (Å²) in [5, 5.41) is 5.15. The maximum atomic E-state index is 13.1. The zero-order valence-electron chi connectivity index (χ0n) is 11.0. The summed E-state index contributed by atoms with van der Waals surface area (Å²) in [7, 11) is 1.93. The number of amides is 1. The number of alkyl halides is 3. The van der Waals surface area contributed by atoms with Crippen molar-refractivity contribution in [3.63, 3.8) is 0 Å². The number of carbonyl (C=O) groups is 1. The molecule has 2 aliphatic heterocycles. The van der Waals surface area contributed by atoms with Crippen molar-refractivity contribution in [2.45, 2.75) is 31.5 Å². The van der Waals surface area contributed by atoms with Crippen LogP contribution in [-0.4, -0.2) is 56.3 Å². The second-order valence-electron chi connectivity index (χ2n) is 5.49. The number of hydrogen-bond donors (Lipinski definition) is 2. The van der Waals surface area contributed by atoms with Gasteiger partial charge in [-0.1, -0.05) is 0 Å². The van der Waals surface area contributed by atoms with E-state index in [0.717, 1.165) is 19.4 Å². The van der Waals surface area contributed by atoms with Gasteiger partial charge in [0.2, 0.25) is 5.91 Å². The molecule has 2 atom stereocenters. The molecule has 2 N–H and O–H groups in total. The van der Waals surface area contributed by atoms with Crippen LogP contribution < -0.4 is 10.6 Å². The molecule has 0 aromatic heterocycles. The van der Waals surface area contributed by atoms with Gasteiger partial charge in [0.1, 0.15) is 0 Å². The summed E-state index contributed by atoms with van der Waals surface area (Å²) in [5.41, 5.74) is -2.25. The fourth-order valence-corrected chi connectivity index (χ4v) is 2.87. The van der Waals surface area contributed by atoms with Crippen molar-refractivity contribution < 1.29 is 18.0 Å². The Labute approximate surface area is 110 Å². The lowest BCUT2D eigenvalue weighted by atomic mass is 9.85. The summed E-state index contributed by atoms with van der Waals surface area (Å²) in [6.07, 6.45) is -2.72. The smallest absolute Gasteiger partial charge is 0.354 e. The highest BCUT2D eigenvalue weighted by Crippen LogP contribution is 2.43. The molecule has 2 unspecified atom stereocenters. The van der Waals surface area contributed by atoms with Crippen LogP contribution in [0.15, 0.2) is 0 Å². The van der Waals surface area contributed by atoms with Crippen LogP contribution in [0.5, 0.6) is 0 Å². The van der Waals surface area contributed by atoms with Crippen molar-refractivity contribution in [1.29, 1.82) is 0 Å². The molecular weight excluding hydrogens is 259 g/mol. The summed E-state index contributed by atoms with van der Waals surface area (Å²) in [6, 6.07) is 0.156. The molecule has 2 heterocycles. The van der Waals surface area contributed by atoms with Crippen molar-refractivity contribution in [2.75, 3.05) is 33.2 Å². The molecule has 2 saturated heterocycles. The van der Waals surface area contributed by atoms with Crippen LogP contribution in [0.2, 0.25) is 0 Å². The van der Waals surface area contributed by atoms with Gasteiger partial charge in [-0.15, -0.1) is 0 Å². The fraction of sp³-hybridized carbons (Fsp3) is 0.917. The summed E-state index contributed by atoms with van der Waals surface area (Å²) < 4.78 is 39.4. The topological polar surface area (TPSA) is 44.4 Å². The van der Waals surface area contributed by atoms with Crippen molar-refractivity contribution in [1.82, 2.24) is 15.5 Å². The third-order valence-electron chi connectivity index (χ3n) is 4.30. The largest absolute Gasteiger partial charge is 0.404 e. The highest BCUT2D eigenvalue weighted by molar-refractivity contribution is 5.84. The van der Waals surface area contributed by atoms with E-state index in [0.29, 0.717) is 6.54 Å². The Balaban J connectivity index is 1.97. The van der Waals surface area contributed by atoms with Crippen molar-refractivity contribution in [3.05, 3.63) is 0 Å². The number of likely N-dealkylation sites (tertiary alicyclic amines) is 1. The van der Waals surface area contributed by atoms with E-state index in [2.05, 4.69) is 15.5 Å². The maximum absolute atomic E-state index is 13.1. The van der Waals surface area contributed by atoms with E-state index in [-0.39, 0.29) is 25.6 Å². The van der Waals surface area contributed by atoms with E-state index < -0.39 is 17.5 Å². The van der Waals surface area contributed by atoms with Crippen LogP contribution in [0.4, 0.5) is 13.2 Å². The molecule has 4 nitrogen and oxygen atoms in total. The Morgan fingerprint density at radius 2 is 2.26 bits per heavy atom. The van der Waals surface area contributed by atoms with Gasteiger partial charge in [-0.2, -0.15) is 13.2 Å². The summed E-state index contributed by atoms with van der Waals surface area (Å²) in [5.74, 6) is -0.884. The van der Waals surface area contributed by atoms with Crippen LogP contribution >= 0.6 is 0 Å². The first-order valence-corrected chi connectivity index (χ1v) is 6.63. The molecule has 0 spiro atoms. The summed E-state index contributed by atoms with van der Waals surface area (Å²) in [6.45, 7) is 1.15. The van der Waals surface area contributed by atoms with E-state index in [4.69, 9.17) is 0 Å². The average molecular weight is 279 g/mol. The van der Waals surface area contributed by atoms with Crippen molar-refractivity contribution in [3.8, 4) is 0 Å². The molecule has 2 rings (SSSR count). The van der Waals surface area contributed by atoms with Crippen LogP contribution in [0.1, 0.15) is 19.3 Å². The Morgan fingerprint density at radius 1 is 1.53 bits per heavy atom. The zero-order valence-corrected chi connectivity index (χ0v) is 11.0. The van der Waals surface area contributed by atoms with Gasteiger partial charge < -0.3 is 15.5 Å². The lowest BCUT2D eigenvalue weighted by molar-refractivity contribution is -0.216. The summed E-state index contributed by atoms with van der Waals surface area (Å²) in [4.78, 5) is 14.1. The van der Waals surface area contributed by atoms with Gasteiger partial charge in [0.25, 0.3) is 0 Å². The van der Waals surface area contributed by atoms with E-state index in [1.165, 1.54) is 0 Å². The molecule has 1 amide bonds. The standard InChI is InChI=1S/C12H20F3N3O/c1-18-6-2-3-9(18)7-17-10(19)11(12(13,14)15)4-5-16-8-11/h9,16H,2-8H2,1H3,(H,17,19). The number of hydrogen-bond acceptors (Lipinski definition) is 3. The van der Waals surface area contributed by atoms with E-state index in [9.17, 15) is 18.0 Å². The highest BCUT2D eigenvalue weighted by atomic mass is 19.4. The minimum absolute atomic E-state index is 0.156. The first-order chi connectivity index (χ1) is 8.87. The molecule has 19 heavy (non-hydrogen) atoms. The Morgan fingerprint density at radius 3 is 2.74 bits per heavy atom. The molecule has 0 aliphatic carbocycles. The van der Waals surface area contributed by atoms with Crippen molar-refractivity contribution in [2.24, 2.45) is 5.41 Å². The SMILES string of the molecule is CN1CCCC1CNC(=O)C1(C(F)(F)F)CCNC1. The van der Waals surface area contributed by atoms with Gasteiger partial charge in [0.05, 0.1) is 0 Å². The number of nitrogens with one attached hydrogen (secondary N) is 2. The van der Waals surface area contributed by atoms with Gasteiger partial charge in [0, 0.05) is 19.1 Å². The second kappa shape index (κ2) is 5.28. The number of nitrogens with zero attached hydrogens (tertiary/aromatic N) is 1. The molecule has 110 valence electrons. The van der Waals surface area contributed by atoms with Gasteiger partial charge >= 0.3 is 6.18 Å². The molecule has 7 heteroatoms. The third kappa shape index (κ3) is 2.72. The van der Waals surface area contributed by atoms with Gasteiger partial charge in [-0.05, 0) is 39.4 Å².